The molecule has 1 aromatic heterocycles. The highest BCUT2D eigenvalue weighted by atomic mass is 79.9. The number of nitrogens with one attached hydrogen (secondary N) is 1. The van der Waals surface area contributed by atoms with E-state index in [4.69, 9.17) is 24.7 Å². The van der Waals surface area contributed by atoms with Crippen LogP contribution >= 0.6 is 15.9 Å². The number of hydrogen-bond donors (Lipinski definition) is 2. The number of hydrogen-bond acceptors (Lipinski definition) is 8. The summed E-state index contributed by atoms with van der Waals surface area (Å²) in [5.74, 6) is -0.0388. The molecular weight excluding hydrogens is 530 g/mol. The number of nitrogens with two attached hydrogens (primary N) is 1. The number of aromatic nitrogens is 2. The standard InChI is InChI=1S/C25H22BrN5O5/c1-33-18-4-2-3-16(22(18)35-25(32)31-9-11-34-12-10-31)19-17(13-27)23(28)36-24-20(19)21(29-30-24)14-5-7-15(26)8-6-14/h2-8,19H,9-12,28H2,1H3,(H,29,30)/t19-/m1/s1. The highest BCUT2D eigenvalue weighted by Gasteiger charge is 2.38. The highest BCUT2D eigenvalue weighted by Crippen LogP contribution is 2.49. The third kappa shape index (κ3) is 4.25. The summed E-state index contributed by atoms with van der Waals surface area (Å²) in [4.78, 5) is 14.6. The van der Waals surface area contributed by atoms with Gasteiger partial charge in [0.05, 0.1) is 37.5 Å². The van der Waals surface area contributed by atoms with Gasteiger partial charge in [-0.1, -0.05) is 40.2 Å². The van der Waals surface area contributed by atoms with Crippen molar-refractivity contribution < 1.29 is 23.7 Å². The zero-order chi connectivity index (χ0) is 25.2. The van der Waals surface area contributed by atoms with Gasteiger partial charge in [0, 0.05) is 28.7 Å². The average molecular weight is 552 g/mol. The molecule has 10 nitrogen and oxygen atoms in total. The Balaban J connectivity index is 1.66. The monoisotopic (exact) mass is 551 g/mol. The largest absolute Gasteiger partial charge is 0.493 e. The molecule has 3 aromatic rings. The first kappa shape index (κ1) is 23.7. The first-order chi connectivity index (χ1) is 17.5. The van der Waals surface area contributed by atoms with Crippen molar-refractivity contribution in [2.75, 3.05) is 33.4 Å². The molecule has 1 saturated heterocycles. The third-order valence-corrected chi connectivity index (χ3v) is 6.60. The second-order valence-electron chi connectivity index (χ2n) is 8.10. The zero-order valence-corrected chi connectivity index (χ0v) is 20.9. The van der Waals surface area contributed by atoms with Crippen LogP contribution in [0.3, 0.4) is 0 Å². The van der Waals surface area contributed by atoms with Crippen molar-refractivity contribution in [1.82, 2.24) is 15.1 Å². The van der Waals surface area contributed by atoms with Gasteiger partial charge in [0.2, 0.25) is 11.8 Å². The topological polar surface area (TPSA) is 136 Å². The van der Waals surface area contributed by atoms with Gasteiger partial charge in [-0.3, -0.25) is 5.10 Å². The summed E-state index contributed by atoms with van der Waals surface area (Å²) in [5, 5.41) is 17.4. The Bertz CT molecular complexity index is 1370. The van der Waals surface area contributed by atoms with Gasteiger partial charge >= 0.3 is 6.09 Å². The van der Waals surface area contributed by atoms with E-state index >= 15 is 0 Å². The summed E-state index contributed by atoms with van der Waals surface area (Å²) in [6.45, 7) is 1.69. The number of carbonyl (C=O) groups is 1. The van der Waals surface area contributed by atoms with Gasteiger partial charge < -0.3 is 29.6 Å². The van der Waals surface area contributed by atoms with Crippen molar-refractivity contribution in [1.29, 1.82) is 5.26 Å². The molecule has 0 saturated carbocycles. The molecule has 0 aliphatic carbocycles. The minimum Gasteiger partial charge on any atom is -0.493 e. The Morgan fingerprint density at radius 1 is 1.25 bits per heavy atom. The molecule has 11 heteroatoms. The predicted molar refractivity (Wildman–Crippen MR) is 132 cm³/mol. The molecule has 1 atom stereocenters. The number of methoxy groups -OCH3 is 1. The number of para-hydroxylation sites is 1. The van der Waals surface area contributed by atoms with Gasteiger partial charge in [-0.05, 0) is 18.2 Å². The maximum Gasteiger partial charge on any atom is 0.415 e. The first-order valence-corrected chi connectivity index (χ1v) is 11.9. The number of morpholine rings is 1. The SMILES string of the molecule is COc1cccc([C@@H]2C(C#N)=C(N)Oc3n[nH]c(-c4ccc(Br)cc4)c32)c1OC(=O)N1CCOCC1. The summed E-state index contributed by atoms with van der Waals surface area (Å²) >= 11 is 3.45. The molecule has 2 aliphatic rings. The number of nitriles is 1. The van der Waals surface area contributed by atoms with Gasteiger partial charge in [-0.15, -0.1) is 5.10 Å². The Hall–Kier alpha value is -4.01. The zero-order valence-electron chi connectivity index (χ0n) is 19.3. The van der Waals surface area contributed by atoms with Crippen molar-refractivity contribution in [3.63, 3.8) is 0 Å². The lowest BCUT2D eigenvalue weighted by Gasteiger charge is -2.28. The number of benzene rings is 2. The van der Waals surface area contributed by atoms with Crippen LogP contribution in [0.15, 0.2) is 58.4 Å². The van der Waals surface area contributed by atoms with E-state index in [-0.39, 0.29) is 23.1 Å². The summed E-state index contributed by atoms with van der Waals surface area (Å²) in [6.07, 6.45) is -0.535. The summed E-state index contributed by atoms with van der Waals surface area (Å²) < 4.78 is 23.4. The van der Waals surface area contributed by atoms with Crippen LogP contribution in [0.5, 0.6) is 17.4 Å². The normalized spacial score (nSPS) is 17.1. The Morgan fingerprint density at radius 2 is 2.00 bits per heavy atom. The van der Waals surface area contributed by atoms with Crippen LogP contribution < -0.4 is 19.9 Å². The van der Waals surface area contributed by atoms with Crippen LogP contribution in [0.4, 0.5) is 4.79 Å². The van der Waals surface area contributed by atoms with E-state index in [1.54, 1.807) is 23.1 Å². The van der Waals surface area contributed by atoms with Crippen LogP contribution in [-0.4, -0.2) is 54.6 Å². The van der Waals surface area contributed by atoms with Crippen molar-refractivity contribution in [2.45, 2.75) is 5.92 Å². The molecule has 0 radical (unpaired) electrons. The smallest absolute Gasteiger partial charge is 0.415 e. The molecule has 1 amide bonds. The van der Waals surface area contributed by atoms with Crippen molar-refractivity contribution in [3.05, 3.63) is 69.5 Å². The minimum atomic E-state index is -0.737. The molecule has 3 N–H and O–H groups in total. The van der Waals surface area contributed by atoms with Crippen LogP contribution in [0.2, 0.25) is 0 Å². The number of halogens is 1. The number of ether oxygens (including phenoxy) is 4. The number of rotatable bonds is 4. The van der Waals surface area contributed by atoms with Crippen molar-refractivity contribution in [2.24, 2.45) is 5.73 Å². The number of fused-ring (bicyclic) bond motifs is 1. The van der Waals surface area contributed by atoms with Gasteiger partial charge in [0.25, 0.3) is 0 Å². The van der Waals surface area contributed by atoms with Gasteiger partial charge in [-0.25, -0.2) is 4.79 Å². The molecule has 1 fully saturated rings. The second kappa shape index (κ2) is 9.93. The predicted octanol–water partition coefficient (Wildman–Crippen LogP) is 3.90. The molecular formula is C25H22BrN5O5. The van der Waals surface area contributed by atoms with E-state index < -0.39 is 12.0 Å². The molecule has 2 aliphatic heterocycles. The first-order valence-electron chi connectivity index (χ1n) is 11.1. The van der Waals surface area contributed by atoms with Crippen LogP contribution in [0.1, 0.15) is 17.0 Å². The summed E-state index contributed by atoms with van der Waals surface area (Å²) in [5.41, 5.74) is 8.91. The van der Waals surface area contributed by atoms with Crippen LogP contribution in [0, 0.1) is 11.3 Å². The van der Waals surface area contributed by atoms with Crippen molar-refractivity contribution in [3.8, 4) is 34.7 Å². The van der Waals surface area contributed by atoms with Crippen LogP contribution in [0.25, 0.3) is 11.3 Å². The van der Waals surface area contributed by atoms with Gasteiger partial charge in [-0.2, -0.15) is 5.26 Å². The maximum atomic E-state index is 13.0. The maximum absolute atomic E-state index is 13.0. The Morgan fingerprint density at radius 3 is 2.69 bits per heavy atom. The second-order valence-corrected chi connectivity index (χ2v) is 9.01. The fourth-order valence-corrected chi connectivity index (χ4v) is 4.58. The van der Waals surface area contributed by atoms with E-state index in [1.165, 1.54) is 7.11 Å². The highest BCUT2D eigenvalue weighted by molar-refractivity contribution is 9.10. The van der Waals surface area contributed by atoms with E-state index in [9.17, 15) is 10.1 Å². The molecule has 0 spiro atoms. The minimum absolute atomic E-state index is 0.0721. The number of aromatic amines is 1. The third-order valence-electron chi connectivity index (χ3n) is 6.07. The van der Waals surface area contributed by atoms with E-state index in [1.807, 2.05) is 24.3 Å². The molecule has 3 heterocycles. The number of amides is 1. The molecule has 5 rings (SSSR count). The van der Waals surface area contributed by atoms with E-state index in [0.29, 0.717) is 48.9 Å². The lowest BCUT2D eigenvalue weighted by Crippen LogP contribution is -2.42. The Labute approximate surface area is 215 Å². The molecule has 0 unspecified atom stereocenters. The van der Waals surface area contributed by atoms with E-state index in [0.717, 1.165) is 10.0 Å². The van der Waals surface area contributed by atoms with Crippen LogP contribution in [-0.2, 0) is 4.74 Å². The Kier molecular flexibility index (Phi) is 6.54. The lowest BCUT2D eigenvalue weighted by molar-refractivity contribution is 0.0412. The van der Waals surface area contributed by atoms with Gasteiger partial charge in [0.1, 0.15) is 11.6 Å². The van der Waals surface area contributed by atoms with E-state index in [2.05, 4.69) is 32.2 Å². The number of carbonyl (C=O) groups excluding carboxylic acids is 1. The number of nitrogens with zero attached hydrogens (tertiary/aromatic N) is 3. The molecule has 2 aromatic carbocycles. The average Bonchev–Trinajstić information content (AvgIpc) is 3.32. The fraction of sp³-hybridized carbons (Fsp3) is 0.240. The number of allylic oxidation sites excluding steroid dienone is 1. The molecule has 184 valence electrons. The molecule has 36 heavy (non-hydrogen) atoms. The quantitative estimate of drug-likeness (QED) is 0.498. The lowest BCUT2D eigenvalue weighted by atomic mass is 9.82. The molecule has 0 bridgehead atoms. The number of H-pyrrole nitrogens is 1. The fourth-order valence-electron chi connectivity index (χ4n) is 4.32. The van der Waals surface area contributed by atoms with Gasteiger partial charge in [0.15, 0.2) is 11.5 Å². The summed E-state index contributed by atoms with van der Waals surface area (Å²) in [6, 6.07) is 15.0. The summed E-state index contributed by atoms with van der Waals surface area (Å²) in [7, 11) is 1.49. The van der Waals surface area contributed by atoms with Crippen molar-refractivity contribution >= 4 is 22.0 Å².